The summed E-state index contributed by atoms with van der Waals surface area (Å²) in [4.78, 5) is 2.08. The van der Waals surface area contributed by atoms with Crippen LogP contribution in [0.4, 0.5) is 0 Å². The predicted octanol–water partition coefficient (Wildman–Crippen LogP) is 0.611. The van der Waals surface area contributed by atoms with E-state index in [1.54, 1.807) is 17.5 Å². The summed E-state index contributed by atoms with van der Waals surface area (Å²) in [5.41, 5.74) is 0. The monoisotopic (exact) mass is 390 g/mol. The molecule has 1 N–H and O–H groups in total. The highest BCUT2D eigenvalue weighted by atomic mass is 32.2. The number of sulfonamides is 1. The Hall–Kier alpha value is -0.550. The van der Waals surface area contributed by atoms with E-state index in [4.69, 9.17) is 9.47 Å². The van der Waals surface area contributed by atoms with E-state index >= 15 is 0 Å². The molecule has 2 unspecified atom stereocenters. The number of thiophene rings is 1. The number of ether oxygens (including phenoxy) is 2. The fourth-order valence-corrected chi connectivity index (χ4v) is 5.72. The molecule has 0 bridgehead atoms. The zero-order chi connectivity index (χ0) is 17.7. The summed E-state index contributed by atoms with van der Waals surface area (Å²) in [6, 6.07) is 3.39. The van der Waals surface area contributed by atoms with Crippen LogP contribution in [0.2, 0.25) is 0 Å². The number of aliphatic hydroxyl groups is 1. The van der Waals surface area contributed by atoms with Crippen molar-refractivity contribution in [3.63, 3.8) is 0 Å². The summed E-state index contributed by atoms with van der Waals surface area (Å²) in [6.45, 7) is 4.25. The van der Waals surface area contributed by atoms with Crippen molar-refractivity contribution in [3.8, 4) is 0 Å². The molecule has 0 aromatic carbocycles. The molecule has 0 saturated carbocycles. The summed E-state index contributed by atoms with van der Waals surface area (Å²) in [5.74, 6) is 0. The molecule has 2 saturated heterocycles. The van der Waals surface area contributed by atoms with Crippen LogP contribution in [0.15, 0.2) is 21.7 Å². The maximum Gasteiger partial charge on any atom is 0.252 e. The van der Waals surface area contributed by atoms with Crippen LogP contribution in [0.5, 0.6) is 0 Å². The van der Waals surface area contributed by atoms with Gasteiger partial charge in [-0.15, -0.1) is 11.3 Å². The van der Waals surface area contributed by atoms with E-state index in [1.165, 1.54) is 15.6 Å². The third-order valence-corrected chi connectivity index (χ3v) is 7.80. The van der Waals surface area contributed by atoms with Crippen molar-refractivity contribution in [3.05, 3.63) is 17.5 Å². The number of piperazine rings is 1. The van der Waals surface area contributed by atoms with E-state index in [2.05, 4.69) is 4.90 Å². The van der Waals surface area contributed by atoms with Gasteiger partial charge in [0.15, 0.2) is 0 Å². The first-order chi connectivity index (χ1) is 12.1. The quantitative estimate of drug-likeness (QED) is 0.701. The van der Waals surface area contributed by atoms with E-state index < -0.39 is 16.1 Å². The molecule has 0 radical (unpaired) electrons. The third-order valence-electron chi connectivity index (χ3n) is 4.53. The Morgan fingerprint density at radius 2 is 2.16 bits per heavy atom. The molecule has 2 aliphatic rings. The fourth-order valence-electron chi connectivity index (χ4n) is 3.15. The zero-order valence-corrected chi connectivity index (χ0v) is 15.9. The molecule has 2 atom stereocenters. The molecule has 1 aromatic heterocycles. The molecular formula is C16H26N2O5S2. The van der Waals surface area contributed by atoms with Crippen LogP contribution in [-0.4, -0.2) is 87.5 Å². The van der Waals surface area contributed by atoms with Gasteiger partial charge in [-0.2, -0.15) is 4.31 Å². The van der Waals surface area contributed by atoms with Gasteiger partial charge < -0.3 is 14.6 Å². The Bertz CT molecular complexity index is 608. The van der Waals surface area contributed by atoms with Gasteiger partial charge in [0.25, 0.3) is 10.0 Å². The van der Waals surface area contributed by atoms with Crippen molar-refractivity contribution in [2.45, 2.75) is 29.3 Å². The summed E-state index contributed by atoms with van der Waals surface area (Å²) < 4.78 is 37.9. The normalized spacial score (nSPS) is 24.6. The van der Waals surface area contributed by atoms with Crippen LogP contribution in [0, 0.1) is 0 Å². The van der Waals surface area contributed by atoms with Gasteiger partial charge in [-0.05, 0) is 24.3 Å². The van der Waals surface area contributed by atoms with E-state index in [9.17, 15) is 13.5 Å². The van der Waals surface area contributed by atoms with Gasteiger partial charge in [0, 0.05) is 39.3 Å². The standard InChI is InChI=1S/C16H26N2O5S2/c19-14(12-22-13-15-3-1-9-23-15)11-17-5-7-18(8-6-17)25(20,21)16-4-2-10-24-16/h2,4,10,14-15,19H,1,3,5-9,11-13H2. The first-order valence-electron chi connectivity index (χ1n) is 8.69. The fraction of sp³-hybridized carbons (Fsp3) is 0.750. The number of rotatable bonds is 8. The van der Waals surface area contributed by atoms with Crippen molar-refractivity contribution in [2.24, 2.45) is 0 Å². The topological polar surface area (TPSA) is 79.3 Å². The highest BCUT2D eigenvalue weighted by molar-refractivity contribution is 7.91. The lowest BCUT2D eigenvalue weighted by molar-refractivity contribution is -0.0270. The maximum atomic E-state index is 12.5. The highest BCUT2D eigenvalue weighted by Crippen LogP contribution is 2.22. The molecule has 2 fully saturated rings. The van der Waals surface area contributed by atoms with Crippen LogP contribution in [0.3, 0.4) is 0 Å². The summed E-state index contributed by atoms with van der Waals surface area (Å²) in [5, 5.41) is 11.9. The summed E-state index contributed by atoms with van der Waals surface area (Å²) in [7, 11) is -3.37. The van der Waals surface area contributed by atoms with Crippen LogP contribution < -0.4 is 0 Å². The lowest BCUT2D eigenvalue weighted by Crippen LogP contribution is -2.50. The van der Waals surface area contributed by atoms with Gasteiger partial charge in [-0.3, -0.25) is 4.90 Å². The molecule has 9 heteroatoms. The second kappa shape index (κ2) is 8.90. The Morgan fingerprint density at radius 3 is 2.80 bits per heavy atom. The molecule has 1 aromatic rings. The van der Waals surface area contributed by atoms with Gasteiger partial charge in [0.2, 0.25) is 0 Å². The van der Waals surface area contributed by atoms with Crippen molar-refractivity contribution < 1.29 is 23.0 Å². The molecule has 142 valence electrons. The Kier molecular flexibility index (Phi) is 6.84. The second-order valence-electron chi connectivity index (χ2n) is 6.46. The molecule has 2 aliphatic heterocycles. The second-order valence-corrected chi connectivity index (χ2v) is 9.58. The molecule has 0 amide bonds. The van der Waals surface area contributed by atoms with Gasteiger partial charge in [0.05, 0.1) is 25.4 Å². The molecular weight excluding hydrogens is 364 g/mol. The first kappa shape index (κ1) is 19.2. The molecule has 0 spiro atoms. The minimum Gasteiger partial charge on any atom is -0.389 e. The third kappa shape index (κ3) is 5.22. The number of β-amino-alcohol motifs (C(OH)–C–C–N with tert-alkyl or cyclic N) is 1. The number of hydrogen-bond acceptors (Lipinski definition) is 7. The van der Waals surface area contributed by atoms with Crippen molar-refractivity contribution in [2.75, 3.05) is 52.5 Å². The van der Waals surface area contributed by atoms with Gasteiger partial charge in [0.1, 0.15) is 4.21 Å². The van der Waals surface area contributed by atoms with E-state index in [0.717, 1.165) is 19.4 Å². The van der Waals surface area contributed by atoms with Gasteiger partial charge in [-0.1, -0.05) is 6.07 Å². The Balaban J connectivity index is 1.37. The van der Waals surface area contributed by atoms with E-state index in [0.29, 0.717) is 43.5 Å². The molecule has 25 heavy (non-hydrogen) atoms. The molecule has 0 aliphatic carbocycles. The van der Waals surface area contributed by atoms with Gasteiger partial charge in [-0.25, -0.2) is 8.42 Å². The number of hydrogen-bond donors (Lipinski definition) is 1. The van der Waals surface area contributed by atoms with Gasteiger partial charge >= 0.3 is 0 Å². The van der Waals surface area contributed by atoms with E-state index in [1.807, 2.05) is 0 Å². The zero-order valence-electron chi connectivity index (χ0n) is 14.2. The largest absolute Gasteiger partial charge is 0.389 e. The first-order valence-corrected chi connectivity index (χ1v) is 11.0. The lowest BCUT2D eigenvalue weighted by Gasteiger charge is -2.34. The SMILES string of the molecule is O=S(=O)(c1cccs1)N1CCN(CC(O)COCC2CCCO2)CC1. The maximum absolute atomic E-state index is 12.5. The Morgan fingerprint density at radius 1 is 1.36 bits per heavy atom. The van der Waals surface area contributed by atoms with E-state index in [-0.39, 0.29) is 12.7 Å². The smallest absolute Gasteiger partial charge is 0.252 e. The molecule has 3 heterocycles. The van der Waals surface area contributed by atoms with Crippen LogP contribution >= 0.6 is 11.3 Å². The highest BCUT2D eigenvalue weighted by Gasteiger charge is 2.29. The van der Waals surface area contributed by atoms with Crippen LogP contribution in [-0.2, 0) is 19.5 Å². The predicted molar refractivity (Wildman–Crippen MR) is 95.3 cm³/mol. The average Bonchev–Trinajstić information content (AvgIpc) is 3.29. The van der Waals surface area contributed by atoms with Crippen molar-refractivity contribution in [1.82, 2.24) is 9.21 Å². The van der Waals surface area contributed by atoms with Crippen molar-refractivity contribution >= 4 is 21.4 Å². The lowest BCUT2D eigenvalue weighted by atomic mass is 10.2. The number of nitrogens with zero attached hydrogens (tertiary/aromatic N) is 2. The minimum absolute atomic E-state index is 0.165. The Labute approximate surface area is 153 Å². The minimum atomic E-state index is -3.37. The average molecular weight is 391 g/mol. The van der Waals surface area contributed by atoms with Crippen LogP contribution in [0.1, 0.15) is 12.8 Å². The summed E-state index contributed by atoms with van der Waals surface area (Å²) >= 11 is 1.24. The van der Waals surface area contributed by atoms with Crippen LogP contribution in [0.25, 0.3) is 0 Å². The summed E-state index contributed by atoms with van der Waals surface area (Å²) in [6.07, 6.45) is 1.70. The van der Waals surface area contributed by atoms with Crippen molar-refractivity contribution in [1.29, 1.82) is 0 Å². The molecule has 7 nitrogen and oxygen atoms in total. The number of aliphatic hydroxyl groups excluding tert-OH is 1. The molecule has 3 rings (SSSR count).